The van der Waals surface area contributed by atoms with E-state index in [-0.39, 0.29) is 17.7 Å². The molecule has 1 saturated heterocycles. The molecule has 3 heterocycles. The molecular weight excluding hydrogens is 466 g/mol. The number of hydrogen-bond donors (Lipinski definition) is 3. The van der Waals surface area contributed by atoms with Crippen molar-refractivity contribution in [3.63, 3.8) is 0 Å². The van der Waals surface area contributed by atoms with Crippen molar-refractivity contribution in [1.29, 1.82) is 0 Å². The van der Waals surface area contributed by atoms with Gasteiger partial charge in [-0.25, -0.2) is 19.7 Å². The molecule has 12 heteroatoms. The largest absolute Gasteiger partial charge is 0.450 e. The van der Waals surface area contributed by atoms with E-state index < -0.39 is 24.3 Å². The highest BCUT2D eigenvalue weighted by atomic mass is 16.6. The molecule has 36 heavy (non-hydrogen) atoms. The quantitative estimate of drug-likeness (QED) is 0.455. The Morgan fingerprint density at radius 3 is 2.64 bits per heavy atom. The van der Waals surface area contributed by atoms with Gasteiger partial charge in [0, 0.05) is 26.1 Å². The molecule has 2 aromatic heterocycles. The van der Waals surface area contributed by atoms with E-state index in [0.717, 1.165) is 12.8 Å². The summed E-state index contributed by atoms with van der Waals surface area (Å²) < 4.78 is 12.5. The maximum Gasteiger partial charge on any atom is 0.409 e. The predicted molar refractivity (Wildman–Crippen MR) is 132 cm³/mol. The van der Waals surface area contributed by atoms with Crippen LogP contribution < -0.4 is 11.1 Å². The molecule has 3 atom stereocenters. The van der Waals surface area contributed by atoms with E-state index in [1.807, 2.05) is 0 Å². The summed E-state index contributed by atoms with van der Waals surface area (Å²) >= 11 is 0. The van der Waals surface area contributed by atoms with Gasteiger partial charge in [-0.1, -0.05) is 5.92 Å². The number of fused-ring (bicyclic) bond motifs is 1. The van der Waals surface area contributed by atoms with Crippen LogP contribution in [0.1, 0.15) is 59.0 Å². The average Bonchev–Trinajstić information content (AvgIpc) is 3.27. The highest BCUT2D eigenvalue weighted by Crippen LogP contribution is 2.23. The van der Waals surface area contributed by atoms with Crippen molar-refractivity contribution in [2.75, 3.05) is 32.0 Å². The number of nitrogen functional groups attached to an aromatic ring is 1. The lowest BCUT2D eigenvalue weighted by Gasteiger charge is -2.30. The summed E-state index contributed by atoms with van der Waals surface area (Å²) in [6.45, 7) is 8.91. The Morgan fingerprint density at radius 1 is 1.28 bits per heavy atom. The van der Waals surface area contributed by atoms with Gasteiger partial charge in [-0.15, -0.1) is 0 Å². The van der Waals surface area contributed by atoms with Crippen molar-refractivity contribution in [3.05, 3.63) is 12.2 Å². The normalized spacial score (nSPS) is 16.6. The Morgan fingerprint density at radius 2 is 2.00 bits per heavy atom. The molecule has 196 valence electrons. The van der Waals surface area contributed by atoms with Gasteiger partial charge >= 0.3 is 6.09 Å². The predicted octanol–water partition coefficient (Wildman–Crippen LogP) is 1.44. The van der Waals surface area contributed by atoms with Gasteiger partial charge in [0.2, 0.25) is 5.82 Å². The van der Waals surface area contributed by atoms with Crippen LogP contribution in [0.25, 0.3) is 11.2 Å². The smallest absolute Gasteiger partial charge is 0.409 e. The van der Waals surface area contributed by atoms with Crippen LogP contribution in [0.4, 0.5) is 10.6 Å². The minimum absolute atomic E-state index is 0.189. The number of nitrogens with one attached hydrogen (secondary N) is 1. The van der Waals surface area contributed by atoms with Crippen LogP contribution in [-0.2, 0) is 14.3 Å². The highest BCUT2D eigenvalue weighted by Gasteiger charge is 2.28. The third-order valence-electron chi connectivity index (χ3n) is 5.96. The van der Waals surface area contributed by atoms with Crippen LogP contribution in [0.15, 0.2) is 6.33 Å². The molecular formula is C24H35N7O5. The Balaban J connectivity index is 1.70. The summed E-state index contributed by atoms with van der Waals surface area (Å²) in [5.74, 6) is 6.53. The van der Waals surface area contributed by atoms with Crippen molar-refractivity contribution in [3.8, 4) is 11.8 Å². The first-order valence-electron chi connectivity index (χ1n) is 12.3. The molecule has 1 aliphatic rings. The Bertz CT molecular complexity index is 1120. The number of likely N-dealkylation sites (tertiary alicyclic amines) is 1. The van der Waals surface area contributed by atoms with Gasteiger partial charge < -0.3 is 30.5 Å². The number of aliphatic hydroxyl groups excluding tert-OH is 1. The molecule has 0 spiro atoms. The van der Waals surface area contributed by atoms with Crippen LogP contribution in [-0.4, -0.2) is 80.0 Å². The Labute approximate surface area is 210 Å². The van der Waals surface area contributed by atoms with Crippen molar-refractivity contribution in [2.24, 2.45) is 5.92 Å². The number of aromatic nitrogens is 4. The van der Waals surface area contributed by atoms with Crippen molar-refractivity contribution in [1.82, 2.24) is 29.7 Å². The van der Waals surface area contributed by atoms with Crippen LogP contribution in [0, 0.1) is 17.8 Å². The lowest BCUT2D eigenvalue weighted by atomic mass is 9.94. The van der Waals surface area contributed by atoms with E-state index in [9.17, 15) is 14.7 Å². The summed E-state index contributed by atoms with van der Waals surface area (Å²) in [5, 5.41) is 12.7. The molecule has 0 saturated carbocycles. The molecule has 2 amide bonds. The summed E-state index contributed by atoms with van der Waals surface area (Å²) in [6.07, 6.45) is 0.854. The van der Waals surface area contributed by atoms with E-state index >= 15 is 0 Å². The van der Waals surface area contributed by atoms with Gasteiger partial charge in [-0.3, -0.25) is 9.36 Å². The average molecular weight is 502 g/mol. The lowest BCUT2D eigenvalue weighted by molar-refractivity contribution is -0.150. The monoisotopic (exact) mass is 501 g/mol. The standard InChI is InChI=1S/C24H35N7O5/c1-5-26-23(33)20(15(3)32)36-16(4)31-14-27-19-21(25)28-18(29-22(19)31)9-7-8-17-10-12-30(13-11-17)24(34)35-6-2/h14-17,20,32H,5-6,8,10-13H2,1-4H3,(H,26,33)(H2,25,28,29)/t15?,16-,20+/m1/s1. The molecule has 2 aromatic rings. The van der Waals surface area contributed by atoms with E-state index in [1.54, 1.807) is 30.2 Å². The second-order valence-electron chi connectivity index (χ2n) is 8.68. The van der Waals surface area contributed by atoms with Crippen molar-refractivity contribution in [2.45, 2.75) is 65.4 Å². The number of rotatable bonds is 8. The van der Waals surface area contributed by atoms with Crippen molar-refractivity contribution >= 4 is 29.0 Å². The first-order chi connectivity index (χ1) is 17.2. The first-order valence-corrected chi connectivity index (χ1v) is 12.3. The zero-order chi connectivity index (χ0) is 26.2. The van der Waals surface area contributed by atoms with Crippen LogP contribution in [0.2, 0.25) is 0 Å². The van der Waals surface area contributed by atoms with Gasteiger partial charge in [0.05, 0.1) is 19.0 Å². The van der Waals surface area contributed by atoms with Gasteiger partial charge in [-0.2, -0.15) is 0 Å². The number of piperidine rings is 1. The number of anilines is 1. The van der Waals surface area contributed by atoms with Gasteiger partial charge in [0.15, 0.2) is 17.6 Å². The van der Waals surface area contributed by atoms with Crippen LogP contribution >= 0.6 is 0 Å². The number of ether oxygens (including phenoxy) is 2. The number of carbonyl (C=O) groups excluding carboxylic acids is 2. The molecule has 1 unspecified atom stereocenters. The molecule has 4 N–H and O–H groups in total. The maximum absolute atomic E-state index is 12.3. The Kier molecular flexibility index (Phi) is 9.44. The zero-order valence-corrected chi connectivity index (χ0v) is 21.2. The fourth-order valence-electron chi connectivity index (χ4n) is 4.02. The molecule has 3 rings (SSSR count). The summed E-state index contributed by atoms with van der Waals surface area (Å²) in [6, 6.07) is 0. The van der Waals surface area contributed by atoms with E-state index in [0.29, 0.717) is 49.7 Å². The van der Waals surface area contributed by atoms with Crippen LogP contribution in [0.5, 0.6) is 0 Å². The molecule has 0 aromatic carbocycles. The number of amides is 2. The number of nitrogens with two attached hydrogens (primary N) is 1. The number of likely N-dealkylation sites (N-methyl/N-ethyl adjacent to an activating group) is 1. The number of hydrogen-bond acceptors (Lipinski definition) is 9. The topological polar surface area (TPSA) is 158 Å². The number of imidazole rings is 1. The molecule has 0 radical (unpaired) electrons. The minimum atomic E-state index is -1.06. The Hall–Kier alpha value is -3.43. The molecule has 1 aliphatic heterocycles. The van der Waals surface area contributed by atoms with Gasteiger partial charge in [-0.05, 0) is 52.4 Å². The molecule has 1 fully saturated rings. The number of carbonyl (C=O) groups is 2. The zero-order valence-electron chi connectivity index (χ0n) is 21.2. The third kappa shape index (κ3) is 6.61. The molecule has 0 aliphatic carbocycles. The van der Waals surface area contributed by atoms with E-state index in [4.69, 9.17) is 15.2 Å². The SMILES string of the molecule is CCNC(=O)[C@@H](O[C@H](C)n1cnc2c(N)nc(C#CCC3CCN(C(=O)OCC)CC3)nc21)C(C)O. The van der Waals surface area contributed by atoms with Crippen LogP contribution in [0.3, 0.4) is 0 Å². The fraction of sp³-hybridized carbons (Fsp3) is 0.625. The maximum atomic E-state index is 12.3. The van der Waals surface area contributed by atoms with Crippen molar-refractivity contribution < 1.29 is 24.2 Å². The number of aliphatic hydroxyl groups is 1. The summed E-state index contributed by atoms with van der Waals surface area (Å²) in [5.41, 5.74) is 6.92. The number of nitrogens with zero attached hydrogens (tertiary/aromatic N) is 5. The minimum Gasteiger partial charge on any atom is -0.450 e. The summed E-state index contributed by atoms with van der Waals surface area (Å²) in [7, 11) is 0. The van der Waals surface area contributed by atoms with Gasteiger partial charge in [0.25, 0.3) is 5.91 Å². The molecule has 12 nitrogen and oxygen atoms in total. The fourth-order valence-corrected chi connectivity index (χ4v) is 4.02. The second-order valence-corrected chi connectivity index (χ2v) is 8.68. The third-order valence-corrected chi connectivity index (χ3v) is 5.96. The van der Waals surface area contributed by atoms with E-state index in [1.165, 1.54) is 13.3 Å². The first kappa shape index (κ1) is 27.2. The second kappa shape index (κ2) is 12.5. The van der Waals surface area contributed by atoms with Gasteiger partial charge in [0.1, 0.15) is 11.7 Å². The van der Waals surface area contributed by atoms with E-state index in [2.05, 4.69) is 32.1 Å². The highest BCUT2D eigenvalue weighted by molar-refractivity contribution is 5.82. The lowest BCUT2D eigenvalue weighted by Crippen LogP contribution is -2.43. The summed E-state index contributed by atoms with van der Waals surface area (Å²) in [4.78, 5) is 38.9. The molecule has 0 bridgehead atoms.